The van der Waals surface area contributed by atoms with Crippen molar-refractivity contribution in [2.75, 3.05) is 138 Å². The molecule has 81 heavy (non-hydrogen) atoms. The lowest BCUT2D eigenvalue weighted by Gasteiger charge is -2.36. The molecule has 0 bridgehead atoms. The van der Waals surface area contributed by atoms with E-state index in [4.69, 9.17) is 9.47 Å². The van der Waals surface area contributed by atoms with Gasteiger partial charge in [-0.3, -0.25) is 29.3 Å². The minimum absolute atomic E-state index is 0.0730. The molecule has 13 rings (SSSR count). The molecule has 7 aromatic rings. The first kappa shape index (κ1) is 55.8. The van der Waals surface area contributed by atoms with Crippen LogP contribution in [0.5, 0.6) is 0 Å². The van der Waals surface area contributed by atoms with Crippen molar-refractivity contribution in [1.82, 2.24) is 35.0 Å². The Morgan fingerprint density at radius 2 is 1.00 bits per heavy atom. The Morgan fingerprint density at radius 3 is 1.49 bits per heavy atom. The number of fused-ring (bicyclic) bond motifs is 4. The van der Waals surface area contributed by atoms with Crippen molar-refractivity contribution in [3.8, 4) is 22.5 Å². The van der Waals surface area contributed by atoms with Gasteiger partial charge in [0.25, 0.3) is 0 Å². The number of aromatic amines is 2. The first-order valence-electron chi connectivity index (χ1n) is 28.4. The number of ether oxygens (including phenoxy) is 2. The number of morpholine rings is 2. The Bertz CT molecular complexity index is 3420. The van der Waals surface area contributed by atoms with Gasteiger partial charge in [-0.2, -0.15) is 0 Å². The molecule has 15 nitrogen and oxygen atoms in total. The Kier molecular flexibility index (Phi) is 18.1. The minimum atomic E-state index is -0.0772. The third-order valence-corrected chi connectivity index (χ3v) is 20.6. The van der Waals surface area contributed by atoms with Crippen LogP contribution in [-0.2, 0) is 16.0 Å². The number of nitrogens with zero attached hydrogens (tertiary/aromatic N) is 6. The van der Waals surface area contributed by atoms with Crippen molar-refractivity contribution >= 4 is 69.8 Å². The first-order valence-corrected chi connectivity index (χ1v) is 31.7. The molecule has 5 N–H and O–H groups in total. The molecule has 422 valence electrons. The van der Waals surface area contributed by atoms with Crippen molar-refractivity contribution in [3.63, 3.8) is 0 Å². The highest BCUT2D eigenvalue weighted by Gasteiger charge is 2.26. The summed E-state index contributed by atoms with van der Waals surface area (Å²) in [5.74, 6) is 0. The van der Waals surface area contributed by atoms with Gasteiger partial charge >= 0.3 is 0 Å². The number of pyridine rings is 3. The number of hydrogen-bond donors (Lipinski definition) is 5. The van der Waals surface area contributed by atoms with Gasteiger partial charge in [0, 0.05) is 202 Å². The van der Waals surface area contributed by atoms with Crippen LogP contribution in [0.3, 0.4) is 0 Å². The third-order valence-electron chi connectivity index (χ3n) is 15.4. The lowest BCUT2D eigenvalue weighted by atomic mass is 10.1. The fourth-order valence-electron chi connectivity index (χ4n) is 11.3. The topological polar surface area (TPSA) is 149 Å². The zero-order chi connectivity index (χ0) is 55.1. The van der Waals surface area contributed by atoms with Gasteiger partial charge in [-0.1, -0.05) is 77.4 Å². The SMILES string of the molecule is CC(CN1CCN(Cc2ccccn2)CC1)Nc1ccc2c(c1)Sc1cccc(-c3cc(N4CCOCC4)cc(=O)[nH]3)c1S2.CC(CN1CCNCC1)Nc1ccc2c(c1)Sc1cccc(-c3cc(N4CCOCC4)cc(=O)[nH]3)c1S2. The molecule has 4 saturated heterocycles. The summed E-state index contributed by atoms with van der Waals surface area (Å²) in [6.07, 6.45) is 1.88. The molecule has 2 atom stereocenters. The Morgan fingerprint density at radius 1 is 0.506 bits per heavy atom. The molecule has 0 amide bonds. The van der Waals surface area contributed by atoms with Crippen LogP contribution in [0.25, 0.3) is 22.5 Å². The van der Waals surface area contributed by atoms with Crippen LogP contribution in [0.2, 0.25) is 0 Å². The van der Waals surface area contributed by atoms with Crippen molar-refractivity contribution in [3.05, 3.63) is 148 Å². The summed E-state index contributed by atoms with van der Waals surface area (Å²) in [6.45, 7) is 22.2. The van der Waals surface area contributed by atoms with Gasteiger partial charge in [0.15, 0.2) is 0 Å². The van der Waals surface area contributed by atoms with E-state index in [1.54, 1.807) is 59.2 Å². The van der Waals surface area contributed by atoms with Crippen molar-refractivity contribution in [2.24, 2.45) is 0 Å². The van der Waals surface area contributed by atoms with Gasteiger partial charge in [-0.15, -0.1) is 0 Å². The Labute approximate surface area is 491 Å². The van der Waals surface area contributed by atoms with E-state index in [1.807, 2.05) is 12.3 Å². The molecular formula is C62H71N11O4S4. The second kappa shape index (κ2) is 26.3. The molecule has 4 fully saturated rings. The molecule has 0 aliphatic carbocycles. The minimum Gasteiger partial charge on any atom is -0.381 e. The molecule has 19 heteroatoms. The zero-order valence-corrected chi connectivity index (χ0v) is 49.4. The fourth-order valence-corrected chi connectivity index (χ4v) is 16.2. The molecule has 6 aliphatic heterocycles. The number of aromatic nitrogens is 3. The monoisotopic (exact) mass is 1160 g/mol. The largest absolute Gasteiger partial charge is 0.381 e. The maximum Gasteiger partial charge on any atom is 0.250 e. The zero-order valence-electron chi connectivity index (χ0n) is 46.1. The molecule has 0 saturated carbocycles. The average Bonchev–Trinajstić information content (AvgIpc) is 3.67. The predicted octanol–water partition coefficient (Wildman–Crippen LogP) is 9.71. The van der Waals surface area contributed by atoms with Crippen LogP contribution in [0.1, 0.15) is 19.5 Å². The molecular weight excluding hydrogens is 1090 g/mol. The summed E-state index contributed by atoms with van der Waals surface area (Å²) in [4.78, 5) is 57.8. The number of piperazine rings is 2. The standard InChI is InChI=1S/C34H38N6O2S2.C28H33N5O2S2/c1-24(22-38-11-13-39(14-12-38)23-26-5-2-3-10-35-26)36-25-8-9-30-32(19-25)43-31-7-4-6-28(34(31)44-30)29-20-27(21-33(41)37-29)40-15-17-42-18-16-40;1-19(18-32-9-7-29-8-10-32)30-20-5-6-24-26(15-20)36-25-4-2-3-22(28(25)37-24)23-16-21(17-27(34)31-23)33-11-13-35-14-12-33/h2-10,19-21,24,36H,11-18,22-23H2,1H3,(H,37,41);2-6,15-17,19,29-30H,7-14,18H2,1H3,(H,31,34). The summed E-state index contributed by atoms with van der Waals surface area (Å²) in [5.41, 5.74) is 9.08. The van der Waals surface area contributed by atoms with Gasteiger partial charge in [0.2, 0.25) is 11.1 Å². The molecule has 6 aliphatic rings. The highest BCUT2D eigenvalue weighted by atomic mass is 32.2. The Balaban J connectivity index is 0.000000163. The van der Waals surface area contributed by atoms with E-state index in [1.165, 1.54) is 39.2 Å². The smallest absolute Gasteiger partial charge is 0.250 e. The second-order valence-corrected chi connectivity index (χ2v) is 25.7. The van der Waals surface area contributed by atoms with Crippen molar-refractivity contribution in [1.29, 1.82) is 0 Å². The summed E-state index contributed by atoms with van der Waals surface area (Å²) in [6, 6.07) is 40.6. The van der Waals surface area contributed by atoms with Crippen LogP contribution in [0, 0.1) is 0 Å². The van der Waals surface area contributed by atoms with E-state index in [2.05, 4.69) is 166 Å². The molecule has 3 aromatic heterocycles. The van der Waals surface area contributed by atoms with Gasteiger partial charge < -0.3 is 45.2 Å². The lowest BCUT2D eigenvalue weighted by Crippen LogP contribution is -2.48. The molecule has 2 unspecified atom stereocenters. The van der Waals surface area contributed by atoms with E-state index in [0.717, 1.165) is 149 Å². The van der Waals surface area contributed by atoms with Crippen LogP contribution in [0.4, 0.5) is 22.7 Å². The number of rotatable bonds is 14. The van der Waals surface area contributed by atoms with Crippen LogP contribution < -0.4 is 36.9 Å². The highest BCUT2D eigenvalue weighted by molar-refractivity contribution is 8.05. The number of nitrogens with one attached hydrogen (secondary N) is 5. The van der Waals surface area contributed by atoms with Crippen LogP contribution in [0.15, 0.2) is 170 Å². The maximum atomic E-state index is 12.7. The van der Waals surface area contributed by atoms with Crippen LogP contribution in [-0.4, -0.2) is 160 Å². The van der Waals surface area contributed by atoms with Crippen molar-refractivity contribution < 1.29 is 9.47 Å². The fraction of sp³-hybridized carbons (Fsp3) is 0.371. The first-order chi connectivity index (χ1) is 39.7. The summed E-state index contributed by atoms with van der Waals surface area (Å²) < 4.78 is 11.0. The average molecular weight is 1160 g/mol. The second-order valence-electron chi connectivity index (χ2n) is 21.5. The van der Waals surface area contributed by atoms with E-state index >= 15 is 0 Å². The van der Waals surface area contributed by atoms with Gasteiger partial charge in [0.1, 0.15) is 0 Å². The van der Waals surface area contributed by atoms with E-state index in [0.29, 0.717) is 38.5 Å². The Hall–Kier alpha value is -5.71. The number of anilines is 4. The summed E-state index contributed by atoms with van der Waals surface area (Å²) >= 11 is 7.19. The maximum absolute atomic E-state index is 12.7. The molecule has 4 aromatic carbocycles. The molecule has 0 spiro atoms. The predicted molar refractivity (Wildman–Crippen MR) is 332 cm³/mol. The third kappa shape index (κ3) is 14.0. The van der Waals surface area contributed by atoms with E-state index in [-0.39, 0.29) is 11.1 Å². The van der Waals surface area contributed by atoms with Gasteiger partial charge in [-0.05, 0) is 86.6 Å². The van der Waals surface area contributed by atoms with Gasteiger partial charge in [0.05, 0.1) is 43.5 Å². The normalized spacial score (nSPS) is 18.3. The quantitative estimate of drug-likeness (QED) is 0.0703. The summed E-state index contributed by atoms with van der Waals surface area (Å²) in [7, 11) is 0. The number of H-pyrrole nitrogens is 2. The summed E-state index contributed by atoms with van der Waals surface area (Å²) in [5, 5.41) is 10.9. The van der Waals surface area contributed by atoms with Crippen LogP contribution >= 0.6 is 47.0 Å². The number of hydrogen-bond acceptors (Lipinski definition) is 17. The van der Waals surface area contributed by atoms with E-state index in [9.17, 15) is 9.59 Å². The lowest BCUT2D eigenvalue weighted by molar-refractivity contribution is 0.122. The highest BCUT2D eigenvalue weighted by Crippen LogP contribution is 2.53. The van der Waals surface area contributed by atoms with E-state index < -0.39 is 0 Å². The molecule has 9 heterocycles. The van der Waals surface area contributed by atoms with Gasteiger partial charge in [-0.25, -0.2) is 0 Å². The van der Waals surface area contributed by atoms with Crippen molar-refractivity contribution in [2.45, 2.75) is 71.6 Å². The number of benzene rings is 4. The molecule has 0 radical (unpaired) electrons.